The van der Waals surface area contributed by atoms with Crippen LogP contribution in [-0.4, -0.2) is 42.5 Å². The number of pyridine rings is 1. The third-order valence-corrected chi connectivity index (χ3v) is 5.11. The first kappa shape index (κ1) is 22.8. The highest BCUT2D eigenvalue weighted by Crippen LogP contribution is 2.33. The second kappa shape index (κ2) is 8.84. The summed E-state index contributed by atoms with van der Waals surface area (Å²) in [6, 6.07) is 5.27. The van der Waals surface area contributed by atoms with Crippen LogP contribution in [0.5, 0.6) is 5.75 Å². The number of aromatic nitrogens is 5. The van der Waals surface area contributed by atoms with E-state index in [1.54, 1.807) is 20.2 Å². The van der Waals surface area contributed by atoms with Gasteiger partial charge in [-0.15, -0.1) is 0 Å². The van der Waals surface area contributed by atoms with Crippen molar-refractivity contribution in [1.82, 2.24) is 24.5 Å². The monoisotopic (exact) mass is 471 g/mol. The number of hydrogen-bond donors (Lipinski definition) is 1. The van der Waals surface area contributed by atoms with Gasteiger partial charge < -0.3 is 10.1 Å². The number of aryl methyl sites for hydroxylation is 2. The number of anilines is 1. The number of rotatable bonds is 7. The summed E-state index contributed by atoms with van der Waals surface area (Å²) in [6.07, 6.45) is 0.326. The molecule has 11 nitrogen and oxygen atoms in total. The molecule has 0 aliphatic heterocycles. The molecule has 0 unspecified atom stereocenters. The largest absolute Gasteiger partial charge is 0.496 e. The van der Waals surface area contributed by atoms with Crippen LogP contribution in [0, 0.1) is 17.0 Å². The molecular weight excluding hydrogens is 452 g/mol. The third-order valence-electron chi connectivity index (χ3n) is 5.11. The van der Waals surface area contributed by atoms with E-state index in [1.165, 1.54) is 46.9 Å². The number of nitrogens with one attached hydrogen (secondary N) is 1. The van der Waals surface area contributed by atoms with E-state index in [4.69, 9.17) is 4.74 Å². The van der Waals surface area contributed by atoms with E-state index < -0.39 is 23.8 Å². The molecule has 0 saturated heterocycles. The summed E-state index contributed by atoms with van der Waals surface area (Å²) in [5.41, 5.74) is 0.483. The lowest BCUT2D eigenvalue weighted by Gasteiger charge is -2.09. The summed E-state index contributed by atoms with van der Waals surface area (Å²) >= 11 is 0. The zero-order valence-corrected chi connectivity index (χ0v) is 18.3. The van der Waals surface area contributed by atoms with E-state index in [-0.39, 0.29) is 45.1 Å². The number of nitrogens with zero attached hydrogens (tertiary/aromatic N) is 6. The number of fused-ring (bicyclic) bond motifs is 1. The molecule has 0 radical (unpaired) electrons. The van der Waals surface area contributed by atoms with Gasteiger partial charge >= 0.3 is 0 Å². The maximum absolute atomic E-state index is 13.9. The second-order valence-corrected chi connectivity index (χ2v) is 7.43. The summed E-state index contributed by atoms with van der Waals surface area (Å²) in [7, 11) is 3.05. The number of nitro groups is 1. The molecule has 0 spiro atoms. The number of amides is 1. The lowest BCUT2D eigenvalue weighted by Crippen LogP contribution is -2.20. The molecule has 0 bridgehead atoms. The first-order valence-electron chi connectivity index (χ1n) is 9.95. The van der Waals surface area contributed by atoms with Crippen molar-refractivity contribution in [3.05, 3.63) is 58.0 Å². The quantitative estimate of drug-likeness (QED) is 0.322. The Labute approximate surface area is 191 Å². The molecular formula is C21H19F2N7O4. The van der Waals surface area contributed by atoms with Crippen LogP contribution in [0.4, 0.5) is 20.2 Å². The fourth-order valence-electron chi connectivity index (χ4n) is 3.59. The van der Waals surface area contributed by atoms with E-state index in [2.05, 4.69) is 20.5 Å². The van der Waals surface area contributed by atoms with Gasteiger partial charge in [0, 0.05) is 24.4 Å². The van der Waals surface area contributed by atoms with Gasteiger partial charge in [-0.1, -0.05) is 0 Å². The maximum Gasteiger partial charge on any atom is 0.296 e. The molecule has 3 heterocycles. The highest BCUT2D eigenvalue weighted by Gasteiger charge is 2.23. The molecule has 3 aromatic heterocycles. The minimum atomic E-state index is -2.80. The smallest absolute Gasteiger partial charge is 0.296 e. The molecule has 4 rings (SSSR count). The maximum atomic E-state index is 13.9. The molecule has 4 aromatic rings. The van der Waals surface area contributed by atoms with Gasteiger partial charge in [-0.25, -0.2) is 18.4 Å². The van der Waals surface area contributed by atoms with Crippen molar-refractivity contribution >= 4 is 28.3 Å². The Balaban J connectivity index is 1.72. The van der Waals surface area contributed by atoms with Crippen LogP contribution in [0.3, 0.4) is 0 Å². The topological polar surface area (TPSA) is 130 Å². The molecule has 0 fully saturated rings. The number of carbonyl (C=O) groups is 1. The first-order valence-corrected chi connectivity index (χ1v) is 9.95. The van der Waals surface area contributed by atoms with Gasteiger partial charge in [0.2, 0.25) is 5.91 Å². The van der Waals surface area contributed by atoms with Gasteiger partial charge in [0.25, 0.3) is 12.1 Å². The number of halogens is 2. The Kier molecular flexibility index (Phi) is 5.92. The van der Waals surface area contributed by atoms with Gasteiger partial charge in [-0.2, -0.15) is 10.2 Å². The summed E-state index contributed by atoms with van der Waals surface area (Å²) in [5, 5.41) is 22.3. The van der Waals surface area contributed by atoms with Gasteiger partial charge in [0.1, 0.15) is 18.0 Å². The Morgan fingerprint density at radius 3 is 2.71 bits per heavy atom. The van der Waals surface area contributed by atoms with E-state index in [1.807, 2.05) is 0 Å². The summed E-state index contributed by atoms with van der Waals surface area (Å²) in [4.78, 5) is 27.9. The van der Waals surface area contributed by atoms with Crippen LogP contribution in [-0.2, 0) is 18.4 Å². The molecule has 0 aliphatic carbocycles. The van der Waals surface area contributed by atoms with Crippen LogP contribution in [0.2, 0.25) is 0 Å². The van der Waals surface area contributed by atoms with Crippen LogP contribution < -0.4 is 10.1 Å². The number of carbonyl (C=O) groups excluding carboxylic acids is 1. The third kappa shape index (κ3) is 4.27. The van der Waals surface area contributed by atoms with Gasteiger partial charge in [-0.3, -0.25) is 19.6 Å². The van der Waals surface area contributed by atoms with Crippen molar-refractivity contribution in [2.24, 2.45) is 7.05 Å². The average Bonchev–Trinajstić information content (AvgIpc) is 3.36. The van der Waals surface area contributed by atoms with Crippen LogP contribution >= 0.6 is 0 Å². The first-order chi connectivity index (χ1) is 16.2. The van der Waals surface area contributed by atoms with Crippen molar-refractivity contribution in [3.8, 4) is 17.0 Å². The zero-order chi connectivity index (χ0) is 24.6. The molecule has 176 valence electrons. The van der Waals surface area contributed by atoms with Gasteiger partial charge in [-0.05, 0) is 25.1 Å². The van der Waals surface area contributed by atoms with E-state index in [9.17, 15) is 23.7 Å². The number of alkyl halides is 2. The van der Waals surface area contributed by atoms with Gasteiger partial charge in [0.15, 0.2) is 5.65 Å². The number of ether oxygens (including phenoxy) is 1. The van der Waals surface area contributed by atoms with Crippen LogP contribution in [0.1, 0.15) is 17.7 Å². The lowest BCUT2D eigenvalue weighted by molar-refractivity contribution is -0.384. The van der Waals surface area contributed by atoms with E-state index in [0.717, 1.165) is 0 Å². The normalized spacial score (nSPS) is 11.2. The molecule has 13 heteroatoms. The van der Waals surface area contributed by atoms with E-state index >= 15 is 0 Å². The second-order valence-electron chi connectivity index (χ2n) is 7.43. The number of hydrogen-bond acceptors (Lipinski definition) is 7. The van der Waals surface area contributed by atoms with Crippen LogP contribution in [0.15, 0.2) is 36.7 Å². The minimum absolute atomic E-state index is 0.0405. The molecule has 0 saturated carbocycles. The minimum Gasteiger partial charge on any atom is -0.496 e. The highest BCUT2D eigenvalue weighted by molar-refractivity contribution is 5.94. The van der Waals surface area contributed by atoms with Crippen molar-refractivity contribution in [1.29, 1.82) is 0 Å². The Morgan fingerprint density at radius 2 is 2.09 bits per heavy atom. The van der Waals surface area contributed by atoms with Gasteiger partial charge in [0.05, 0.1) is 41.1 Å². The van der Waals surface area contributed by atoms with Crippen molar-refractivity contribution in [3.63, 3.8) is 0 Å². The Morgan fingerprint density at radius 1 is 1.32 bits per heavy atom. The molecule has 34 heavy (non-hydrogen) atoms. The zero-order valence-electron chi connectivity index (χ0n) is 18.3. The fraction of sp³-hybridized carbons (Fsp3) is 0.238. The number of nitro benzene ring substituents is 1. The molecule has 0 atom stereocenters. The molecule has 1 amide bonds. The summed E-state index contributed by atoms with van der Waals surface area (Å²) in [6.45, 7) is 1.14. The van der Waals surface area contributed by atoms with Crippen molar-refractivity contribution in [2.75, 3.05) is 12.4 Å². The highest BCUT2D eigenvalue weighted by atomic mass is 19.3. The predicted octanol–water partition coefficient (Wildman–Crippen LogP) is 3.63. The average molecular weight is 471 g/mol. The number of benzene rings is 1. The SMILES string of the molecule is COc1ccc(NC(=O)Cn2nc(C)c3c(C(F)F)cc(-c4cnn(C)c4)nc32)c([N+](=O)[O-])c1. The van der Waals surface area contributed by atoms with E-state index in [0.29, 0.717) is 5.56 Å². The molecule has 1 N–H and O–H groups in total. The standard InChI is InChI=1S/C21H19F2N7O4/c1-11-19-14(20(22)23)7-16(12-8-24-28(2)9-12)26-21(19)29(27-11)10-18(31)25-15-5-4-13(34-3)6-17(15)30(32)33/h4-9,20H,10H2,1-3H3,(H,25,31). The lowest BCUT2D eigenvalue weighted by atomic mass is 10.1. The fourth-order valence-corrected chi connectivity index (χ4v) is 3.59. The summed E-state index contributed by atoms with van der Waals surface area (Å²) in [5.74, 6) is -0.394. The Hall–Kier alpha value is -4.42. The predicted molar refractivity (Wildman–Crippen MR) is 118 cm³/mol. The molecule has 1 aromatic carbocycles. The Bertz CT molecular complexity index is 1410. The van der Waals surface area contributed by atoms with Crippen LogP contribution in [0.25, 0.3) is 22.3 Å². The van der Waals surface area contributed by atoms with Crippen molar-refractivity contribution in [2.45, 2.75) is 19.9 Å². The van der Waals surface area contributed by atoms with Crippen molar-refractivity contribution < 1.29 is 23.2 Å². The molecule has 0 aliphatic rings. The summed E-state index contributed by atoms with van der Waals surface area (Å²) < 4.78 is 35.5. The number of methoxy groups -OCH3 is 1.